The van der Waals surface area contributed by atoms with Crippen LogP contribution in [0.5, 0.6) is 0 Å². The summed E-state index contributed by atoms with van der Waals surface area (Å²) in [5, 5.41) is 0. The molecule has 1 aromatic rings. The minimum atomic E-state index is -0.370. The van der Waals surface area contributed by atoms with Crippen molar-refractivity contribution < 1.29 is 4.79 Å². The number of hydrogen-bond acceptors (Lipinski definition) is 6. The van der Waals surface area contributed by atoms with E-state index in [0.717, 1.165) is 5.69 Å². The molecule has 0 aliphatic heterocycles. The second-order valence-corrected chi connectivity index (χ2v) is 3.18. The minimum Gasteiger partial charge on any atom is -0.369 e. The highest BCUT2D eigenvalue weighted by molar-refractivity contribution is 5.75. The molecule has 5 N–H and O–H groups in total. The maximum absolute atomic E-state index is 10.6. The zero-order valence-corrected chi connectivity index (χ0v) is 8.47. The molecule has 0 atom stereocenters. The van der Waals surface area contributed by atoms with Gasteiger partial charge in [-0.15, -0.1) is 0 Å². The maximum Gasteiger partial charge on any atom is 0.231 e. The first-order chi connectivity index (χ1) is 7.11. The van der Waals surface area contributed by atoms with Gasteiger partial charge in [0.05, 0.1) is 24.6 Å². The lowest BCUT2D eigenvalue weighted by molar-refractivity contribution is -0.118. The molecule has 0 saturated heterocycles. The number of carbonyl (C=O) groups is 1. The highest BCUT2D eigenvalue weighted by Gasteiger charge is 2.04. The third-order valence-electron chi connectivity index (χ3n) is 1.71. The third kappa shape index (κ3) is 3.88. The minimum absolute atomic E-state index is 0.193. The van der Waals surface area contributed by atoms with Gasteiger partial charge >= 0.3 is 0 Å². The summed E-state index contributed by atoms with van der Waals surface area (Å²) in [5.41, 5.74) is 8.18. The van der Waals surface area contributed by atoms with Gasteiger partial charge in [0, 0.05) is 6.54 Å². The fourth-order valence-electron chi connectivity index (χ4n) is 1.11. The van der Waals surface area contributed by atoms with Gasteiger partial charge in [0.25, 0.3) is 0 Å². The Morgan fingerprint density at radius 1 is 1.53 bits per heavy atom. The molecule has 15 heavy (non-hydrogen) atoms. The molecule has 1 heterocycles. The lowest BCUT2D eigenvalue weighted by Gasteiger charge is -2.13. The largest absolute Gasteiger partial charge is 0.369 e. The SMILES string of the molecule is CN(CC(N)=O)Cc1cnc(NN)cn1. The summed E-state index contributed by atoms with van der Waals surface area (Å²) >= 11 is 0. The topological polar surface area (TPSA) is 110 Å². The number of rotatable bonds is 5. The van der Waals surface area contributed by atoms with Crippen molar-refractivity contribution in [2.45, 2.75) is 6.54 Å². The molecule has 1 rings (SSSR count). The number of amides is 1. The van der Waals surface area contributed by atoms with Gasteiger partial charge in [-0.05, 0) is 7.05 Å². The van der Waals surface area contributed by atoms with Crippen molar-refractivity contribution in [2.75, 3.05) is 19.0 Å². The Labute approximate surface area is 87.5 Å². The van der Waals surface area contributed by atoms with E-state index in [1.165, 1.54) is 6.20 Å². The Bertz CT molecular complexity index is 324. The molecule has 7 heteroatoms. The van der Waals surface area contributed by atoms with Gasteiger partial charge in [-0.3, -0.25) is 14.7 Å². The number of nitrogen functional groups attached to an aromatic ring is 1. The van der Waals surface area contributed by atoms with Crippen molar-refractivity contribution in [3.63, 3.8) is 0 Å². The van der Waals surface area contributed by atoms with Gasteiger partial charge in [-0.1, -0.05) is 0 Å². The number of nitrogens with two attached hydrogens (primary N) is 2. The molecule has 0 spiro atoms. The summed E-state index contributed by atoms with van der Waals surface area (Å²) in [6, 6.07) is 0. The second-order valence-electron chi connectivity index (χ2n) is 3.18. The van der Waals surface area contributed by atoms with E-state index in [1.807, 2.05) is 0 Å². The van der Waals surface area contributed by atoms with Crippen LogP contribution in [0.15, 0.2) is 12.4 Å². The number of aromatic nitrogens is 2. The van der Waals surface area contributed by atoms with Crippen molar-refractivity contribution in [3.05, 3.63) is 18.1 Å². The predicted molar refractivity (Wildman–Crippen MR) is 55.4 cm³/mol. The second kappa shape index (κ2) is 5.23. The molecule has 0 aromatic carbocycles. The molecular formula is C8H14N6O. The van der Waals surface area contributed by atoms with Crippen LogP contribution in [0.1, 0.15) is 5.69 Å². The highest BCUT2D eigenvalue weighted by atomic mass is 16.1. The smallest absolute Gasteiger partial charge is 0.231 e. The number of likely N-dealkylation sites (N-methyl/N-ethyl adjacent to an activating group) is 1. The number of primary amides is 1. The van der Waals surface area contributed by atoms with E-state index in [2.05, 4.69) is 15.4 Å². The van der Waals surface area contributed by atoms with Crippen LogP contribution in [0, 0.1) is 0 Å². The summed E-state index contributed by atoms with van der Waals surface area (Å²) in [5.74, 6) is 5.27. The average molecular weight is 210 g/mol. The molecule has 0 fully saturated rings. The van der Waals surface area contributed by atoms with Crippen LogP contribution in [0.3, 0.4) is 0 Å². The molecule has 0 saturated carbocycles. The zero-order valence-electron chi connectivity index (χ0n) is 8.47. The summed E-state index contributed by atoms with van der Waals surface area (Å²) in [4.78, 5) is 20.5. The van der Waals surface area contributed by atoms with Crippen molar-refractivity contribution in [3.8, 4) is 0 Å². The monoisotopic (exact) mass is 210 g/mol. The van der Waals surface area contributed by atoms with Gasteiger partial charge < -0.3 is 11.2 Å². The van der Waals surface area contributed by atoms with Gasteiger partial charge in [0.15, 0.2) is 5.82 Å². The number of carbonyl (C=O) groups excluding carboxylic acids is 1. The third-order valence-corrected chi connectivity index (χ3v) is 1.71. The molecule has 0 aliphatic carbocycles. The van der Waals surface area contributed by atoms with Crippen LogP contribution in [0.25, 0.3) is 0 Å². The number of hydrogen-bond donors (Lipinski definition) is 3. The summed E-state index contributed by atoms with van der Waals surface area (Å²) < 4.78 is 0. The Kier molecular flexibility index (Phi) is 3.95. The van der Waals surface area contributed by atoms with E-state index in [0.29, 0.717) is 12.4 Å². The van der Waals surface area contributed by atoms with Crippen LogP contribution in [0.2, 0.25) is 0 Å². The molecule has 7 nitrogen and oxygen atoms in total. The van der Waals surface area contributed by atoms with Crippen LogP contribution in [-0.2, 0) is 11.3 Å². The van der Waals surface area contributed by atoms with Crippen LogP contribution >= 0.6 is 0 Å². The molecular weight excluding hydrogens is 196 g/mol. The standard InChI is InChI=1S/C8H14N6O/c1-14(5-7(9)15)4-6-2-12-8(13-10)3-11-6/h2-3H,4-5,10H2,1H3,(H2,9,15)(H,12,13). The zero-order chi connectivity index (χ0) is 11.3. The Morgan fingerprint density at radius 3 is 2.73 bits per heavy atom. The predicted octanol–water partition coefficient (Wildman–Crippen LogP) is -1.32. The first-order valence-corrected chi connectivity index (χ1v) is 4.36. The highest BCUT2D eigenvalue weighted by Crippen LogP contribution is 2.01. The number of nitrogens with one attached hydrogen (secondary N) is 1. The lowest BCUT2D eigenvalue weighted by Crippen LogP contribution is -2.30. The Morgan fingerprint density at radius 2 is 2.27 bits per heavy atom. The lowest BCUT2D eigenvalue weighted by atomic mass is 10.4. The normalized spacial score (nSPS) is 10.3. The Hall–Kier alpha value is -1.73. The van der Waals surface area contributed by atoms with E-state index in [4.69, 9.17) is 11.6 Å². The molecule has 82 valence electrons. The number of anilines is 1. The molecule has 1 amide bonds. The molecule has 1 aromatic heterocycles. The fourth-order valence-corrected chi connectivity index (χ4v) is 1.11. The van der Waals surface area contributed by atoms with Gasteiger partial charge in [-0.25, -0.2) is 10.8 Å². The summed E-state index contributed by atoms with van der Waals surface area (Å²) in [6.45, 7) is 0.708. The van der Waals surface area contributed by atoms with Crippen molar-refractivity contribution >= 4 is 11.7 Å². The summed E-state index contributed by atoms with van der Waals surface area (Å²) in [7, 11) is 1.78. The molecule has 0 radical (unpaired) electrons. The van der Waals surface area contributed by atoms with E-state index in [1.54, 1.807) is 18.1 Å². The summed E-state index contributed by atoms with van der Waals surface area (Å²) in [6.07, 6.45) is 3.11. The van der Waals surface area contributed by atoms with Crippen LogP contribution < -0.4 is 17.0 Å². The van der Waals surface area contributed by atoms with Gasteiger partial charge in [0.2, 0.25) is 5.91 Å². The van der Waals surface area contributed by atoms with Crippen molar-refractivity contribution in [2.24, 2.45) is 11.6 Å². The van der Waals surface area contributed by atoms with E-state index in [9.17, 15) is 4.79 Å². The van der Waals surface area contributed by atoms with Gasteiger partial charge in [-0.2, -0.15) is 0 Å². The fraction of sp³-hybridized carbons (Fsp3) is 0.375. The number of hydrazine groups is 1. The Balaban J connectivity index is 2.53. The van der Waals surface area contributed by atoms with Crippen molar-refractivity contribution in [1.29, 1.82) is 0 Å². The number of nitrogens with zero attached hydrogens (tertiary/aromatic N) is 3. The van der Waals surface area contributed by atoms with Crippen LogP contribution in [-0.4, -0.2) is 34.4 Å². The molecule has 0 bridgehead atoms. The van der Waals surface area contributed by atoms with Crippen molar-refractivity contribution in [1.82, 2.24) is 14.9 Å². The molecule has 0 unspecified atom stereocenters. The first-order valence-electron chi connectivity index (χ1n) is 4.36. The van der Waals surface area contributed by atoms with E-state index < -0.39 is 0 Å². The van der Waals surface area contributed by atoms with E-state index in [-0.39, 0.29) is 12.5 Å². The molecule has 0 aliphatic rings. The quantitative estimate of drug-likeness (QED) is 0.410. The van der Waals surface area contributed by atoms with Crippen LogP contribution in [0.4, 0.5) is 5.82 Å². The van der Waals surface area contributed by atoms with Gasteiger partial charge in [0.1, 0.15) is 0 Å². The van der Waals surface area contributed by atoms with E-state index >= 15 is 0 Å². The first kappa shape index (κ1) is 11.3. The maximum atomic E-state index is 10.6. The average Bonchev–Trinajstić information content (AvgIpc) is 2.17.